The fraction of sp³-hybridized carbons (Fsp3) is 0.222. The minimum Gasteiger partial charge on any atom is -0.308 e. The van der Waals surface area contributed by atoms with Gasteiger partial charge in [0, 0.05) is 11.8 Å². The summed E-state index contributed by atoms with van der Waals surface area (Å²) in [5.41, 5.74) is -0.345. The SMILES string of the molecule is Cc1cccc(C(F)(F)F)c1C=N. The summed E-state index contributed by atoms with van der Waals surface area (Å²) in [7, 11) is 0. The quantitative estimate of drug-likeness (QED) is 0.653. The first kappa shape index (κ1) is 9.77. The average molecular weight is 187 g/mol. The Hall–Kier alpha value is -1.32. The zero-order valence-corrected chi connectivity index (χ0v) is 6.94. The zero-order chi connectivity index (χ0) is 10.1. The smallest absolute Gasteiger partial charge is 0.308 e. The second-order valence-electron chi connectivity index (χ2n) is 2.68. The molecule has 1 nitrogen and oxygen atoms in total. The Labute approximate surface area is 73.7 Å². The van der Waals surface area contributed by atoms with E-state index in [0.29, 0.717) is 5.56 Å². The van der Waals surface area contributed by atoms with Crippen LogP contribution in [0.3, 0.4) is 0 Å². The van der Waals surface area contributed by atoms with Crippen LogP contribution in [0.25, 0.3) is 0 Å². The topological polar surface area (TPSA) is 23.9 Å². The number of aryl methyl sites for hydroxylation is 1. The molecule has 0 aliphatic heterocycles. The Balaban J connectivity index is 3.37. The van der Waals surface area contributed by atoms with Gasteiger partial charge >= 0.3 is 6.18 Å². The molecule has 0 heterocycles. The molecule has 0 atom stereocenters. The third-order valence-electron chi connectivity index (χ3n) is 1.77. The van der Waals surface area contributed by atoms with Gasteiger partial charge in [0.25, 0.3) is 0 Å². The lowest BCUT2D eigenvalue weighted by atomic mass is 10.0. The Morgan fingerprint density at radius 3 is 2.31 bits per heavy atom. The fourth-order valence-electron chi connectivity index (χ4n) is 1.12. The summed E-state index contributed by atoms with van der Waals surface area (Å²) in [5, 5.41) is 6.88. The Kier molecular flexibility index (Phi) is 2.40. The normalized spacial score (nSPS) is 11.4. The minimum absolute atomic E-state index is 0.0602. The predicted molar refractivity (Wildman–Crippen MR) is 44.1 cm³/mol. The molecule has 0 saturated carbocycles. The number of nitrogens with one attached hydrogen (secondary N) is 1. The molecule has 0 unspecified atom stereocenters. The van der Waals surface area contributed by atoms with Crippen LogP contribution in [-0.4, -0.2) is 6.21 Å². The molecule has 0 aromatic heterocycles. The molecule has 0 spiro atoms. The van der Waals surface area contributed by atoms with Gasteiger partial charge in [-0.15, -0.1) is 0 Å². The van der Waals surface area contributed by atoms with Crippen molar-refractivity contribution in [2.45, 2.75) is 13.1 Å². The number of hydrogen-bond acceptors (Lipinski definition) is 1. The van der Waals surface area contributed by atoms with Gasteiger partial charge in [-0.25, -0.2) is 0 Å². The maximum Gasteiger partial charge on any atom is 0.417 e. The molecule has 0 aliphatic rings. The van der Waals surface area contributed by atoms with Gasteiger partial charge in [-0.1, -0.05) is 12.1 Å². The average Bonchev–Trinajstić information content (AvgIpc) is 2.02. The van der Waals surface area contributed by atoms with Crippen molar-refractivity contribution in [3.63, 3.8) is 0 Å². The first-order valence-electron chi connectivity index (χ1n) is 3.64. The third kappa shape index (κ3) is 1.88. The minimum atomic E-state index is -4.38. The molecule has 0 bridgehead atoms. The predicted octanol–water partition coefficient (Wildman–Crippen LogP) is 3.01. The molecule has 70 valence electrons. The van der Waals surface area contributed by atoms with E-state index in [-0.39, 0.29) is 5.56 Å². The molecule has 1 aromatic carbocycles. The number of halogens is 3. The lowest BCUT2D eigenvalue weighted by Gasteiger charge is -2.11. The molecular formula is C9H8F3N. The van der Waals surface area contributed by atoms with Crippen molar-refractivity contribution in [1.82, 2.24) is 0 Å². The largest absolute Gasteiger partial charge is 0.417 e. The van der Waals surface area contributed by atoms with Crippen molar-refractivity contribution < 1.29 is 13.2 Å². The van der Waals surface area contributed by atoms with Crippen LogP contribution in [0, 0.1) is 12.3 Å². The lowest BCUT2D eigenvalue weighted by Crippen LogP contribution is -2.09. The molecule has 0 saturated heterocycles. The first-order valence-corrected chi connectivity index (χ1v) is 3.64. The zero-order valence-electron chi connectivity index (χ0n) is 6.94. The number of hydrogen-bond donors (Lipinski definition) is 1. The molecule has 1 aromatic rings. The molecule has 4 heteroatoms. The summed E-state index contributed by atoms with van der Waals surface area (Å²) in [6.45, 7) is 1.55. The summed E-state index contributed by atoms with van der Waals surface area (Å²) in [6, 6.07) is 3.87. The lowest BCUT2D eigenvalue weighted by molar-refractivity contribution is -0.137. The van der Waals surface area contributed by atoms with E-state index in [1.807, 2.05) is 0 Å². The van der Waals surface area contributed by atoms with Crippen molar-refractivity contribution in [1.29, 1.82) is 5.41 Å². The fourth-order valence-corrected chi connectivity index (χ4v) is 1.12. The van der Waals surface area contributed by atoms with Gasteiger partial charge in [0.1, 0.15) is 0 Å². The van der Waals surface area contributed by atoms with Crippen LogP contribution in [-0.2, 0) is 6.18 Å². The second kappa shape index (κ2) is 3.20. The third-order valence-corrected chi connectivity index (χ3v) is 1.77. The van der Waals surface area contributed by atoms with Crippen LogP contribution < -0.4 is 0 Å². The summed E-state index contributed by atoms with van der Waals surface area (Å²) < 4.78 is 36.9. The Bertz CT molecular complexity index is 328. The molecular weight excluding hydrogens is 179 g/mol. The maximum atomic E-state index is 12.3. The molecule has 0 aliphatic carbocycles. The van der Waals surface area contributed by atoms with Gasteiger partial charge in [0.05, 0.1) is 5.56 Å². The standard InChI is InChI=1S/C9H8F3N/c1-6-3-2-4-8(7(6)5-13)9(10,11)12/h2-5,13H,1H3. The highest BCUT2D eigenvalue weighted by Gasteiger charge is 2.32. The van der Waals surface area contributed by atoms with E-state index in [4.69, 9.17) is 5.41 Å². The van der Waals surface area contributed by atoms with Crippen molar-refractivity contribution in [3.05, 3.63) is 34.9 Å². The molecule has 0 fully saturated rings. The highest BCUT2D eigenvalue weighted by Crippen LogP contribution is 2.32. The second-order valence-corrected chi connectivity index (χ2v) is 2.68. The van der Waals surface area contributed by atoms with E-state index in [0.717, 1.165) is 12.3 Å². The van der Waals surface area contributed by atoms with E-state index in [2.05, 4.69) is 0 Å². The Morgan fingerprint density at radius 2 is 1.92 bits per heavy atom. The van der Waals surface area contributed by atoms with Crippen LogP contribution in [0.4, 0.5) is 13.2 Å². The number of benzene rings is 1. The van der Waals surface area contributed by atoms with Crippen molar-refractivity contribution in [2.75, 3.05) is 0 Å². The molecule has 0 radical (unpaired) electrons. The summed E-state index contributed by atoms with van der Waals surface area (Å²) in [5.74, 6) is 0. The summed E-state index contributed by atoms with van der Waals surface area (Å²) in [4.78, 5) is 0. The molecule has 1 N–H and O–H groups in total. The maximum absolute atomic E-state index is 12.3. The Morgan fingerprint density at radius 1 is 1.31 bits per heavy atom. The van der Waals surface area contributed by atoms with E-state index in [9.17, 15) is 13.2 Å². The number of rotatable bonds is 1. The van der Waals surface area contributed by atoms with Gasteiger partial charge in [-0.05, 0) is 18.6 Å². The highest BCUT2D eigenvalue weighted by molar-refractivity contribution is 5.81. The van der Waals surface area contributed by atoms with Crippen LogP contribution in [0.5, 0.6) is 0 Å². The highest BCUT2D eigenvalue weighted by atomic mass is 19.4. The van der Waals surface area contributed by atoms with E-state index >= 15 is 0 Å². The van der Waals surface area contributed by atoms with Crippen LogP contribution in [0.2, 0.25) is 0 Å². The van der Waals surface area contributed by atoms with Crippen molar-refractivity contribution in [2.24, 2.45) is 0 Å². The van der Waals surface area contributed by atoms with Crippen LogP contribution >= 0.6 is 0 Å². The van der Waals surface area contributed by atoms with E-state index < -0.39 is 11.7 Å². The van der Waals surface area contributed by atoms with E-state index in [1.165, 1.54) is 6.07 Å². The first-order chi connectivity index (χ1) is 5.96. The van der Waals surface area contributed by atoms with Crippen molar-refractivity contribution in [3.8, 4) is 0 Å². The van der Waals surface area contributed by atoms with Gasteiger partial charge in [-0.3, -0.25) is 0 Å². The molecule has 13 heavy (non-hydrogen) atoms. The van der Waals surface area contributed by atoms with Gasteiger partial charge < -0.3 is 5.41 Å². The summed E-state index contributed by atoms with van der Waals surface area (Å²) >= 11 is 0. The van der Waals surface area contributed by atoms with Gasteiger partial charge in [-0.2, -0.15) is 13.2 Å². The molecule has 0 amide bonds. The van der Waals surface area contributed by atoms with E-state index in [1.54, 1.807) is 13.0 Å². The van der Waals surface area contributed by atoms with Crippen molar-refractivity contribution >= 4 is 6.21 Å². The van der Waals surface area contributed by atoms with Crippen LogP contribution in [0.15, 0.2) is 18.2 Å². The number of alkyl halides is 3. The molecule has 1 rings (SSSR count). The van der Waals surface area contributed by atoms with Gasteiger partial charge in [0.2, 0.25) is 0 Å². The summed E-state index contributed by atoms with van der Waals surface area (Å²) in [6.07, 6.45) is -3.64. The van der Waals surface area contributed by atoms with Gasteiger partial charge in [0.15, 0.2) is 0 Å². The monoisotopic (exact) mass is 187 g/mol. The van der Waals surface area contributed by atoms with Crippen LogP contribution in [0.1, 0.15) is 16.7 Å².